The molecule has 0 bridgehead atoms. The van der Waals surface area contributed by atoms with E-state index in [1.165, 1.54) is 22.9 Å². The van der Waals surface area contributed by atoms with Crippen LogP contribution in [0.5, 0.6) is 5.88 Å². The van der Waals surface area contributed by atoms with Gasteiger partial charge in [0.15, 0.2) is 0 Å². The molecule has 0 saturated carbocycles. The molecule has 1 saturated heterocycles. The predicted octanol–water partition coefficient (Wildman–Crippen LogP) is 2.13. The number of hydrogen-bond acceptors (Lipinski definition) is 5. The number of benzene rings is 1. The SMILES string of the molecule is O=S(=O)(Cc1cc(F)ccc1F)N1CCCC(Oc2cnccn2)C1. The summed E-state index contributed by atoms with van der Waals surface area (Å²) in [5, 5.41) is 0. The summed E-state index contributed by atoms with van der Waals surface area (Å²) >= 11 is 0. The number of ether oxygens (including phenoxy) is 1. The normalized spacial score (nSPS) is 18.9. The fraction of sp³-hybridized carbons (Fsp3) is 0.375. The molecule has 0 amide bonds. The number of nitrogens with zero attached hydrogens (tertiary/aromatic N) is 3. The van der Waals surface area contributed by atoms with E-state index in [1.807, 2.05) is 0 Å². The molecule has 0 spiro atoms. The van der Waals surface area contributed by atoms with Gasteiger partial charge in [-0.1, -0.05) is 0 Å². The molecule has 134 valence electrons. The van der Waals surface area contributed by atoms with E-state index in [0.717, 1.165) is 18.2 Å². The highest BCUT2D eigenvalue weighted by Gasteiger charge is 2.31. The Balaban J connectivity index is 1.70. The topological polar surface area (TPSA) is 72.4 Å². The van der Waals surface area contributed by atoms with Crippen molar-refractivity contribution in [3.8, 4) is 5.88 Å². The van der Waals surface area contributed by atoms with Gasteiger partial charge in [0.2, 0.25) is 15.9 Å². The van der Waals surface area contributed by atoms with Crippen molar-refractivity contribution in [1.29, 1.82) is 0 Å². The first-order chi connectivity index (χ1) is 11.9. The summed E-state index contributed by atoms with van der Waals surface area (Å²) in [7, 11) is -3.79. The summed E-state index contributed by atoms with van der Waals surface area (Å²) in [6.45, 7) is 0.454. The summed E-state index contributed by atoms with van der Waals surface area (Å²) in [5.41, 5.74) is -0.183. The fourth-order valence-corrected chi connectivity index (χ4v) is 4.31. The van der Waals surface area contributed by atoms with E-state index >= 15 is 0 Å². The third kappa shape index (κ3) is 4.49. The van der Waals surface area contributed by atoms with Crippen molar-refractivity contribution < 1.29 is 21.9 Å². The molecule has 1 atom stereocenters. The lowest BCUT2D eigenvalue weighted by atomic mass is 10.1. The largest absolute Gasteiger partial charge is 0.472 e. The Kier molecular flexibility index (Phi) is 5.24. The van der Waals surface area contributed by atoms with Crippen LogP contribution in [0.2, 0.25) is 0 Å². The molecule has 0 N–H and O–H groups in total. The fourth-order valence-electron chi connectivity index (χ4n) is 2.71. The minimum absolute atomic E-state index is 0.135. The zero-order valence-electron chi connectivity index (χ0n) is 13.3. The van der Waals surface area contributed by atoms with Gasteiger partial charge >= 0.3 is 0 Å². The third-order valence-electron chi connectivity index (χ3n) is 3.91. The molecule has 1 fully saturated rings. The first kappa shape index (κ1) is 17.7. The molecule has 1 aromatic heterocycles. The molecule has 2 aromatic rings. The molecular weight excluding hydrogens is 352 g/mol. The molecule has 1 aromatic carbocycles. The highest BCUT2D eigenvalue weighted by atomic mass is 32.2. The van der Waals surface area contributed by atoms with Crippen molar-refractivity contribution in [3.05, 3.63) is 54.0 Å². The summed E-state index contributed by atoms with van der Waals surface area (Å²) in [4.78, 5) is 7.90. The van der Waals surface area contributed by atoms with Crippen molar-refractivity contribution in [3.63, 3.8) is 0 Å². The third-order valence-corrected chi connectivity index (χ3v) is 5.70. The molecule has 0 radical (unpaired) electrons. The van der Waals surface area contributed by atoms with E-state index in [9.17, 15) is 17.2 Å². The van der Waals surface area contributed by atoms with Crippen molar-refractivity contribution in [1.82, 2.24) is 14.3 Å². The van der Waals surface area contributed by atoms with Crippen LogP contribution in [-0.4, -0.2) is 41.9 Å². The second-order valence-corrected chi connectivity index (χ2v) is 7.74. The van der Waals surface area contributed by atoms with Gasteiger partial charge in [0.05, 0.1) is 18.5 Å². The van der Waals surface area contributed by atoms with E-state index in [1.54, 1.807) is 0 Å². The van der Waals surface area contributed by atoms with Crippen LogP contribution in [-0.2, 0) is 15.8 Å². The van der Waals surface area contributed by atoms with Crippen molar-refractivity contribution in [2.75, 3.05) is 13.1 Å². The molecule has 2 heterocycles. The van der Waals surface area contributed by atoms with Gasteiger partial charge in [-0.05, 0) is 31.0 Å². The molecule has 0 aliphatic carbocycles. The maximum Gasteiger partial charge on any atom is 0.232 e. The van der Waals surface area contributed by atoms with E-state index in [2.05, 4.69) is 9.97 Å². The average molecular weight is 369 g/mol. The van der Waals surface area contributed by atoms with E-state index in [4.69, 9.17) is 4.74 Å². The molecule has 25 heavy (non-hydrogen) atoms. The van der Waals surface area contributed by atoms with Crippen molar-refractivity contribution in [2.45, 2.75) is 24.7 Å². The molecule has 9 heteroatoms. The quantitative estimate of drug-likeness (QED) is 0.807. The standard InChI is InChI=1S/C16H17F2N3O3S/c17-13-3-4-15(18)12(8-13)11-25(22,23)21-7-1-2-14(10-21)24-16-9-19-5-6-20-16/h3-6,8-9,14H,1-2,7,10-11H2. The van der Waals surface area contributed by atoms with Crippen LogP contribution in [0.3, 0.4) is 0 Å². The number of hydrogen-bond donors (Lipinski definition) is 0. The zero-order valence-corrected chi connectivity index (χ0v) is 14.1. The first-order valence-corrected chi connectivity index (χ1v) is 9.39. The maximum absolute atomic E-state index is 13.7. The van der Waals surface area contributed by atoms with Crippen LogP contribution in [0, 0.1) is 11.6 Å². The molecule has 1 unspecified atom stereocenters. The van der Waals surface area contributed by atoms with Gasteiger partial charge in [0.25, 0.3) is 0 Å². The summed E-state index contributed by atoms with van der Waals surface area (Å²) in [5.74, 6) is -1.68. The number of piperidine rings is 1. The van der Waals surface area contributed by atoms with E-state index < -0.39 is 27.4 Å². The van der Waals surface area contributed by atoms with Gasteiger partial charge in [-0.2, -0.15) is 4.31 Å². The van der Waals surface area contributed by atoms with Gasteiger partial charge in [0.1, 0.15) is 17.7 Å². The highest BCUT2D eigenvalue weighted by molar-refractivity contribution is 7.88. The van der Waals surface area contributed by atoms with Gasteiger partial charge < -0.3 is 4.74 Å². The molecule has 6 nitrogen and oxygen atoms in total. The zero-order chi connectivity index (χ0) is 17.9. The Morgan fingerprint density at radius 3 is 2.88 bits per heavy atom. The molecule has 3 rings (SSSR count). The van der Waals surface area contributed by atoms with Crippen LogP contribution in [0.1, 0.15) is 18.4 Å². The minimum atomic E-state index is -3.79. The molecule has 1 aliphatic rings. The Labute approximate surface area is 144 Å². The van der Waals surface area contributed by atoms with Crippen molar-refractivity contribution in [2.24, 2.45) is 0 Å². The number of halogens is 2. The lowest BCUT2D eigenvalue weighted by Crippen LogP contribution is -2.44. The van der Waals surface area contributed by atoms with E-state index in [0.29, 0.717) is 25.3 Å². The Hall–Kier alpha value is -2.13. The van der Waals surface area contributed by atoms with Crippen LogP contribution in [0.25, 0.3) is 0 Å². The number of rotatable bonds is 5. The Morgan fingerprint density at radius 1 is 1.28 bits per heavy atom. The highest BCUT2D eigenvalue weighted by Crippen LogP contribution is 2.22. The van der Waals surface area contributed by atoms with Gasteiger partial charge in [-0.15, -0.1) is 0 Å². The minimum Gasteiger partial charge on any atom is -0.472 e. The average Bonchev–Trinajstić information content (AvgIpc) is 2.59. The van der Waals surface area contributed by atoms with Crippen LogP contribution < -0.4 is 4.74 Å². The lowest BCUT2D eigenvalue weighted by Gasteiger charge is -2.31. The summed E-state index contributed by atoms with van der Waals surface area (Å²) in [6.07, 6.45) is 5.37. The monoisotopic (exact) mass is 369 g/mol. The van der Waals surface area contributed by atoms with Crippen LogP contribution >= 0.6 is 0 Å². The van der Waals surface area contributed by atoms with Gasteiger partial charge in [-0.25, -0.2) is 22.2 Å². The second kappa shape index (κ2) is 7.40. The van der Waals surface area contributed by atoms with Gasteiger partial charge in [0, 0.05) is 24.5 Å². The van der Waals surface area contributed by atoms with Crippen LogP contribution in [0.4, 0.5) is 8.78 Å². The summed E-state index contributed by atoms with van der Waals surface area (Å²) < 4.78 is 59.1. The molecular formula is C16H17F2N3O3S. The number of aromatic nitrogens is 2. The molecule has 1 aliphatic heterocycles. The van der Waals surface area contributed by atoms with Crippen LogP contribution in [0.15, 0.2) is 36.8 Å². The Morgan fingerprint density at radius 2 is 2.12 bits per heavy atom. The maximum atomic E-state index is 13.7. The summed E-state index contributed by atoms with van der Waals surface area (Å²) in [6, 6.07) is 2.79. The van der Waals surface area contributed by atoms with E-state index in [-0.39, 0.29) is 18.2 Å². The second-order valence-electron chi connectivity index (χ2n) is 5.78. The lowest BCUT2D eigenvalue weighted by molar-refractivity contribution is 0.124. The predicted molar refractivity (Wildman–Crippen MR) is 86.2 cm³/mol. The first-order valence-electron chi connectivity index (χ1n) is 7.78. The van der Waals surface area contributed by atoms with Crippen molar-refractivity contribution >= 4 is 10.0 Å². The number of sulfonamides is 1. The smallest absolute Gasteiger partial charge is 0.232 e. The Bertz CT molecular complexity index is 834. The van der Waals surface area contributed by atoms with Gasteiger partial charge in [-0.3, -0.25) is 4.98 Å².